The molecule has 152 valence electrons. The number of anilines is 1. The molecule has 5 rings (SSSR count). The van der Waals surface area contributed by atoms with E-state index in [-0.39, 0.29) is 11.3 Å². The minimum atomic E-state index is -0.509. The van der Waals surface area contributed by atoms with E-state index in [0.717, 1.165) is 30.6 Å². The van der Waals surface area contributed by atoms with Gasteiger partial charge in [0.1, 0.15) is 5.66 Å². The van der Waals surface area contributed by atoms with E-state index in [1.807, 2.05) is 4.90 Å². The average molecular weight is 397 g/mol. The maximum atomic E-state index is 12.8. The Bertz CT molecular complexity index is 1200. The quantitative estimate of drug-likeness (QED) is 0.599. The summed E-state index contributed by atoms with van der Waals surface area (Å²) in [5.41, 5.74) is 5.05. The molecule has 0 saturated carbocycles. The van der Waals surface area contributed by atoms with Crippen molar-refractivity contribution in [2.24, 2.45) is 0 Å². The SMILES string of the molecule is C=C(c1ccccc1C)[C@]12CCN(C(C)=O)[C@@]1(CC)Nc1c2ccc2ccccc12. The lowest BCUT2D eigenvalue weighted by atomic mass is 9.64. The third kappa shape index (κ3) is 2.18. The first-order valence-electron chi connectivity index (χ1n) is 10.8. The summed E-state index contributed by atoms with van der Waals surface area (Å²) in [7, 11) is 0. The Morgan fingerprint density at radius 1 is 1.10 bits per heavy atom. The third-order valence-corrected chi connectivity index (χ3v) is 7.47. The summed E-state index contributed by atoms with van der Waals surface area (Å²) in [6.45, 7) is 11.4. The number of carbonyl (C=O) groups excluding carboxylic acids is 1. The van der Waals surface area contributed by atoms with Gasteiger partial charge < -0.3 is 10.2 Å². The summed E-state index contributed by atoms with van der Waals surface area (Å²) < 4.78 is 0. The summed E-state index contributed by atoms with van der Waals surface area (Å²) in [4.78, 5) is 14.8. The van der Waals surface area contributed by atoms with Gasteiger partial charge in [-0.05, 0) is 47.4 Å². The number of nitrogens with zero attached hydrogens (tertiary/aromatic N) is 1. The molecule has 1 amide bonds. The molecular weight excluding hydrogens is 368 g/mol. The number of hydrogen-bond acceptors (Lipinski definition) is 2. The van der Waals surface area contributed by atoms with E-state index >= 15 is 0 Å². The summed E-state index contributed by atoms with van der Waals surface area (Å²) in [6.07, 6.45) is 1.67. The number of likely N-dealkylation sites (tertiary alicyclic amines) is 1. The van der Waals surface area contributed by atoms with Gasteiger partial charge in [0.2, 0.25) is 5.91 Å². The molecule has 30 heavy (non-hydrogen) atoms. The van der Waals surface area contributed by atoms with Crippen molar-refractivity contribution < 1.29 is 4.79 Å². The lowest BCUT2D eigenvalue weighted by molar-refractivity contribution is -0.132. The van der Waals surface area contributed by atoms with Gasteiger partial charge in [0.05, 0.1) is 5.41 Å². The summed E-state index contributed by atoms with van der Waals surface area (Å²) in [6, 6.07) is 21.4. The lowest BCUT2D eigenvalue weighted by Crippen LogP contribution is -2.59. The largest absolute Gasteiger partial charge is 0.361 e. The van der Waals surface area contributed by atoms with Crippen molar-refractivity contribution in [3.8, 4) is 0 Å². The van der Waals surface area contributed by atoms with Crippen molar-refractivity contribution in [3.05, 3.63) is 83.9 Å². The molecule has 0 aromatic heterocycles. The Hall–Kier alpha value is -3.07. The summed E-state index contributed by atoms with van der Waals surface area (Å²) >= 11 is 0. The molecular formula is C27H28N2O. The molecule has 2 aliphatic heterocycles. The minimum Gasteiger partial charge on any atom is -0.361 e. The third-order valence-electron chi connectivity index (χ3n) is 7.47. The molecule has 0 bridgehead atoms. The molecule has 2 atom stereocenters. The fourth-order valence-corrected chi connectivity index (χ4v) is 6.12. The first-order valence-corrected chi connectivity index (χ1v) is 10.8. The molecule has 1 fully saturated rings. The number of carbonyl (C=O) groups is 1. The monoisotopic (exact) mass is 396 g/mol. The van der Waals surface area contributed by atoms with E-state index in [0.29, 0.717) is 0 Å². The first-order chi connectivity index (χ1) is 14.5. The highest BCUT2D eigenvalue weighted by Crippen LogP contribution is 2.63. The zero-order valence-electron chi connectivity index (χ0n) is 18.0. The van der Waals surface area contributed by atoms with Crippen molar-refractivity contribution >= 4 is 27.9 Å². The van der Waals surface area contributed by atoms with Crippen LogP contribution in [0.3, 0.4) is 0 Å². The van der Waals surface area contributed by atoms with Crippen LogP contribution >= 0.6 is 0 Å². The van der Waals surface area contributed by atoms with Crippen LogP contribution in [0.5, 0.6) is 0 Å². The van der Waals surface area contributed by atoms with Crippen molar-refractivity contribution in [2.75, 3.05) is 11.9 Å². The molecule has 0 spiro atoms. The van der Waals surface area contributed by atoms with E-state index in [1.165, 1.54) is 27.5 Å². The highest BCUT2D eigenvalue weighted by molar-refractivity contribution is 6.01. The number of rotatable bonds is 3. The minimum absolute atomic E-state index is 0.112. The van der Waals surface area contributed by atoms with Gasteiger partial charge in [0.25, 0.3) is 0 Å². The van der Waals surface area contributed by atoms with Gasteiger partial charge >= 0.3 is 0 Å². The molecule has 2 heterocycles. The molecule has 0 unspecified atom stereocenters. The maximum Gasteiger partial charge on any atom is 0.221 e. The highest BCUT2D eigenvalue weighted by atomic mass is 16.2. The number of aryl methyl sites for hydroxylation is 1. The number of amides is 1. The van der Waals surface area contributed by atoms with Gasteiger partial charge in [-0.3, -0.25) is 4.79 Å². The molecule has 0 aliphatic carbocycles. The van der Waals surface area contributed by atoms with E-state index in [9.17, 15) is 4.79 Å². The van der Waals surface area contributed by atoms with Crippen LogP contribution in [-0.4, -0.2) is 23.0 Å². The Kier molecular flexibility index (Phi) is 4.08. The fraction of sp³-hybridized carbons (Fsp3) is 0.296. The second-order valence-corrected chi connectivity index (χ2v) is 8.67. The van der Waals surface area contributed by atoms with Gasteiger partial charge in [-0.15, -0.1) is 0 Å². The molecule has 1 N–H and O–H groups in total. The van der Waals surface area contributed by atoms with Crippen LogP contribution < -0.4 is 5.32 Å². The average Bonchev–Trinajstić information content (AvgIpc) is 3.24. The molecule has 3 aromatic carbocycles. The highest BCUT2D eigenvalue weighted by Gasteiger charge is 2.66. The standard InChI is InChI=1S/C27H28N2O/c1-5-27-26(16-17-29(27)20(4)30,19(3)22-12-8-6-10-18(22)2)24-15-14-21-11-7-9-13-23(21)25(24)28-27/h6-15,28H,3,5,16-17H2,1-2,4H3/t26-,27+/m0/s1. The van der Waals surface area contributed by atoms with Crippen LogP contribution in [0.1, 0.15) is 43.4 Å². The van der Waals surface area contributed by atoms with E-state index in [2.05, 4.69) is 86.4 Å². The van der Waals surface area contributed by atoms with E-state index < -0.39 is 5.66 Å². The predicted molar refractivity (Wildman–Crippen MR) is 124 cm³/mol. The van der Waals surface area contributed by atoms with E-state index in [1.54, 1.807) is 6.92 Å². The first kappa shape index (κ1) is 18.9. The number of benzene rings is 3. The number of nitrogens with one attached hydrogen (secondary N) is 1. The zero-order valence-corrected chi connectivity index (χ0v) is 18.0. The Balaban J connectivity index is 1.84. The summed E-state index contributed by atoms with van der Waals surface area (Å²) in [5, 5.41) is 6.30. The van der Waals surface area contributed by atoms with Crippen LogP contribution in [0.2, 0.25) is 0 Å². The molecule has 1 saturated heterocycles. The molecule has 3 nitrogen and oxygen atoms in total. The van der Waals surface area contributed by atoms with Gasteiger partial charge in [-0.25, -0.2) is 0 Å². The predicted octanol–water partition coefficient (Wildman–Crippen LogP) is 5.88. The van der Waals surface area contributed by atoms with E-state index in [4.69, 9.17) is 0 Å². The Labute approximate surface area is 178 Å². The van der Waals surface area contributed by atoms with Crippen LogP contribution in [0.15, 0.2) is 67.2 Å². The van der Waals surface area contributed by atoms with Crippen molar-refractivity contribution in [2.45, 2.75) is 44.7 Å². The Morgan fingerprint density at radius 2 is 1.83 bits per heavy atom. The normalized spacial score (nSPS) is 24.4. The second kappa shape index (κ2) is 6.46. The van der Waals surface area contributed by atoms with Crippen molar-refractivity contribution in [3.63, 3.8) is 0 Å². The van der Waals surface area contributed by atoms with Crippen LogP contribution in [0, 0.1) is 6.92 Å². The van der Waals surface area contributed by atoms with Gasteiger partial charge in [0, 0.05) is 24.5 Å². The second-order valence-electron chi connectivity index (χ2n) is 8.67. The smallest absolute Gasteiger partial charge is 0.221 e. The lowest BCUT2D eigenvalue weighted by Gasteiger charge is -2.46. The number of hydrogen-bond donors (Lipinski definition) is 1. The number of fused-ring (bicyclic) bond motifs is 5. The molecule has 0 radical (unpaired) electrons. The van der Waals surface area contributed by atoms with Gasteiger partial charge in [-0.1, -0.05) is 74.2 Å². The van der Waals surface area contributed by atoms with Gasteiger partial charge in [0.15, 0.2) is 0 Å². The van der Waals surface area contributed by atoms with Crippen LogP contribution in [-0.2, 0) is 10.2 Å². The van der Waals surface area contributed by atoms with Crippen molar-refractivity contribution in [1.29, 1.82) is 0 Å². The maximum absolute atomic E-state index is 12.8. The van der Waals surface area contributed by atoms with Gasteiger partial charge in [-0.2, -0.15) is 0 Å². The van der Waals surface area contributed by atoms with Crippen LogP contribution in [0.4, 0.5) is 5.69 Å². The molecule has 3 aromatic rings. The topological polar surface area (TPSA) is 32.3 Å². The van der Waals surface area contributed by atoms with Crippen molar-refractivity contribution in [1.82, 2.24) is 4.90 Å². The zero-order chi connectivity index (χ0) is 21.1. The fourth-order valence-electron chi connectivity index (χ4n) is 6.12. The molecule has 3 heteroatoms. The summed E-state index contributed by atoms with van der Waals surface area (Å²) in [5.74, 6) is 0.112. The van der Waals surface area contributed by atoms with Crippen LogP contribution in [0.25, 0.3) is 16.3 Å². The Morgan fingerprint density at radius 3 is 2.57 bits per heavy atom. The molecule has 2 aliphatic rings.